The van der Waals surface area contributed by atoms with E-state index in [2.05, 4.69) is 5.48 Å². The lowest BCUT2D eigenvalue weighted by atomic mass is 10.0. The number of nitrogens with one attached hydrogen (secondary N) is 1. The molecule has 0 spiro atoms. The number of nitrogens with zero attached hydrogens (tertiary/aromatic N) is 2. The molecule has 1 atom stereocenters. The van der Waals surface area contributed by atoms with Gasteiger partial charge in [0.2, 0.25) is 0 Å². The van der Waals surface area contributed by atoms with Crippen molar-refractivity contribution >= 4 is 5.57 Å². The molecule has 266 valence electrons. The number of hydroxylamine groups is 1. The van der Waals surface area contributed by atoms with E-state index in [1.54, 1.807) is 49.4 Å². The molecule has 0 radical (unpaired) electrons. The third-order valence-electron chi connectivity index (χ3n) is 7.24. The SMILES string of the molecule is C.C/C=C\C(=C/CC)c1c(C)n(Cc2c(F)cccc2C(F)(F)F)c(=O)n(CCC(NOC)c2ccccc2OCCCO)c1=O.CC. The van der Waals surface area contributed by atoms with Gasteiger partial charge in [-0.05, 0) is 50.5 Å². The summed E-state index contributed by atoms with van der Waals surface area (Å²) in [5.41, 5.74) is 0.857. The van der Waals surface area contributed by atoms with Gasteiger partial charge < -0.3 is 14.7 Å². The first-order chi connectivity index (χ1) is 22.5. The van der Waals surface area contributed by atoms with Crippen LogP contribution in [0, 0.1) is 12.7 Å². The summed E-state index contributed by atoms with van der Waals surface area (Å²) in [7, 11) is 1.41. The zero-order chi connectivity index (χ0) is 35.1. The number of hydrogen-bond acceptors (Lipinski definition) is 6. The molecule has 0 aliphatic rings. The van der Waals surface area contributed by atoms with Gasteiger partial charge in [-0.2, -0.15) is 18.7 Å². The van der Waals surface area contributed by atoms with Crippen molar-refractivity contribution in [3.63, 3.8) is 0 Å². The van der Waals surface area contributed by atoms with E-state index in [9.17, 15) is 27.2 Å². The second-order valence-electron chi connectivity index (χ2n) is 10.2. The lowest BCUT2D eigenvalue weighted by Crippen LogP contribution is -2.44. The van der Waals surface area contributed by atoms with Crippen LogP contribution in [0.4, 0.5) is 17.6 Å². The van der Waals surface area contributed by atoms with Gasteiger partial charge in [0.05, 0.1) is 37.4 Å². The molecule has 0 bridgehead atoms. The largest absolute Gasteiger partial charge is 0.493 e. The minimum atomic E-state index is -4.86. The molecule has 12 heteroatoms. The summed E-state index contributed by atoms with van der Waals surface area (Å²) in [5, 5.41) is 9.14. The second kappa shape index (κ2) is 20.4. The van der Waals surface area contributed by atoms with Crippen molar-refractivity contribution in [1.29, 1.82) is 0 Å². The topological polar surface area (TPSA) is 94.7 Å². The number of hydrogen-bond donors (Lipinski definition) is 2. The van der Waals surface area contributed by atoms with E-state index in [1.165, 1.54) is 14.0 Å². The third-order valence-corrected chi connectivity index (χ3v) is 7.24. The van der Waals surface area contributed by atoms with Crippen LogP contribution >= 0.6 is 0 Å². The highest BCUT2D eigenvalue weighted by molar-refractivity contribution is 5.74. The molecule has 1 unspecified atom stereocenters. The molecule has 1 aromatic heterocycles. The predicted octanol–water partition coefficient (Wildman–Crippen LogP) is 7.60. The number of halogens is 4. The van der Waals surface area contributed by atoms with E-state index in [0.29, 0.717) is 29.7 Å². The molecule has 3 aromatic rings. The van der Waals surface area contributed by atoms with E-state index in [-0.39, 0.29) is 44.9 Å². The highest BCUT2D eigenvalue weighted by atomic mass is 19.4. The second-order valence-corrected chi connectivity index (χ2v) is 10.2. The molecular weight excluding hydrogens is 630 g/mol. The minimum absolute atomic E-state index is 0. The van der Waals surface area contributed by atoms with Crippen LogP contribution in [0.1, 0.15) is 88.4 Å². The van der Waals surface area contributed by atoms with Crippen LogP contribution in [0.3, 0.4) is 0 Å². The Balaban J connectivity index is 0.00000377. The first-order valence-corrected chi connectivity index (χ1v) is 15.6. The standard InChI is InChI=1S/C33H39F4N3O5.C2H6.CH4/c1-5-11-23(12-6-2)30-22(3)40(21-25-26(33(35,36)37)14-9-15-27(25)34)32(43)39(31(30)42)18-17-28(38-44-4)24-13-7-8-16-29(24)45-20-10-19-41;1-2;/h5,7-9,11-16,28,38,41H,6,10,17-21H2,1-4H3;1-2H3;1H4/b11-5-,23-12+;;. The molecule has 3 rings (SSSR count). The van der Waals surface area contributed by atoms with Crippen LogP contribution in [0.5, 0.6) is 5.75 Å². The van der Waals surface area contributed by atoms with Gasteiger partial charge in [-0.3, -0.25) is 13.9 Å². The van der Waals surface area contributed by atoms with Crippen LogP contribution in [0.15, 0.2) is 70.3 Å². The molecular formula is C36H49F4N3O5. The summed E-state index contributed by atoms with van der Waals surface area (Å²) in [6.45, 7) is 8.40. The average Bonchev–Trinajstić information content (AvgIpc) is 3.04. The van der Waals surface area contributed by atoms with Gasteiger partial charge in [0.25, 0.3) is 5.56 Å². The van der Waals surface area contributed by atoms with Gasteiger partial charge >= 0.3 is 11.9 Å². The molecule has 0 saturated heterocycles. The summed E-state index contributed by atoms with van der Waals surface area (Å²) in [4.78, 5) is 33.1. The van der Waals surface area contributed by atoms with Gasteiger partial charge in [0.15, 0.2) is 0 Å². The summed E-state index contributed by atoms with van der Waals surface area (Å²) in [5.74, 6) is -0.606. The lowest BCUT2D eigenvalue weighted by molar-refractivity contribution is -0.138. The van der Waals surface area contributed by atoms with Gasteiger partial charge in [0, 0.05) is 36.4 Å². The Hall–Kier alpha value is -4.00. The average molecular weight is 680 g/mol. The van der Waals surface area contributed by atoms with Gasteiger partial charge in [-0.25, -0.2) is 9.18 Å². The number of benzene rings is 2. The van der Waals surface area contributed by atoms with Gasteiger partial charge in [-0.1, -0.05) is 70.7 Å². The maximum atomic E-state index is 14.9. The predicted molar refractivity (Wildman–Crippen MR) is 183 cm³/mol. The summed E-state index contributed by atoms with van der Waals surface area (Å²) >= 11 is 0. The fourth-order valence-electron chi connectivity index (χ4n) is 5.14. The minimum Gasteiger partial charge on any atom is -0.493 e. The van der Waals surface area contributed by atoms with Crippen molar-refractivity contribution in [3.05, 3.63) is 115 Å². The van der Waals surface area contributed by atoms with E-state index < -0.39 is 47.0 Å². The van der Waals surface area contributed by atoms with Crippen molar-refractivity contribution in [3.8, 4) is 5.75 Å². The monoisotopic (exact) mass is 679 g/mol. The highest BCUT2D eigenvalue weighted by Crippen LogP contribution is 2.34. The number of para-hydroxylation sites is 1. The Morgan fingerprint density at radius 1 is 1.08 bits per heavy atom. The van der Waals surface area contributed by atoms with Gasteiger partial charge in [-0.15, -0.1) is 0 Å². The lowest BCUT2D eigenvalue weighted by Gasteiger charge is -2.23. The molecule has 0 amide bonds. The molecule has 0 aliphatic heterocycles. The van der Waals surface area contributed by atoms with Crippen LogP contribution < -0.4 is 21.5 Å². The summed E-state index contributed by atoms with van der Waals surface area (Å²) in [6.07, 6.45) is 1.40. The van der Waals surface area contributed by atoms with E-state index in [1.807, 2.05) is 20.8 Å². The fourth-order valence-corrected chi connectivity index (χ4v) is 5.14. The van der Waals surface area contributed by atoms with Crippen LogP contribution in [-0.4, -0.2) is 34.6 Å². The number of alkyl halides is 3. The van der Waals surface area contributed by atoms with Crippen molar-refractivity contribution in [2.45, 2.75) is 86.6 Å². The molecule has 1 heterocycles. The van der Waals surface area contributed by atoms with E-state index in [0.717, 1.165) is 27.3 Å². The van der Waals surface area contributed by atoms with E-state index >= 15 is 0 Å². The van der Waals surface area contributed by atoms with Crippen molar-refractivity contribution < 1.29 is 32.2 Å². The van der Waals surface area contributed by atoms with Crippen molar-refractivity contribution in [2.75, 3.05) is 20.3 Å². The number of aliphatic hydroxyl groups is 1. The maximum Gasteiger partial charge on any atom is 0.416 e. The Labute approximate surface area is 280 Å². The van der Waals surface area contributed by atoms with Crippen LogP contribution in [0.25, 0.3) is 5.57 Å². The quantitative estimate of drug-likeness (QED) is 0.0744. The summed E-state index contributed by atoms with van der Waals surface area (Å²) in [6, 6.07) is 9.15. The molecule has 2 aromatic carbocycles. The number of aromatic nitrogens is 2. The van der Waals surface area contributed by atoms with Crippen molar-refractivity contribution in [1.82, 2.24) is 14.6 Å². The van der Waals surface area contributed by atoms with E-state index in [4.69, 9.17) is 14.7 Å². The molecule has 8 nitrogen and oxygen atoms in total. The molecule has 0 fully saturated rings. The maximum absolute atomic E-state index is 14.9. The van der Waals surface area contributed by atoms with Crippen LogP contribution in [0.2, 0.25) is 0 Å². The molecule has 0 saturated carbocycles. The number of rotatable bonds is 15. The van der Waals surface area contributed by atoms with Gasteiger partial charge in [0.1, 0.15) is 11.6 Å². The Bertz CT molecular complexity index is 1630. The Morgan fingerprint density at radius 3 is 2.38 bits per heavy atom. The highest BCUT2D eigenvalue weighted by Gasteiger charge is 2.35. The fraction of sp³-hybridized carbons (Fsp3) is 0.444. The molecule has 0 aliphatic carbocycles. The number of aliphatic hydroxyl groups excluding tert-OH is 1. The zero-order valence-corrected chi connectivity index (χ0v) is 27.8. The Morgan fingerprint density at radius 2 is 1.77 bits per heavy atom. The smallest absolute Gasteiger partial charge is 0.416 e. The number of ether oxygens (including phenoxy) is 1. The first kappa shape index (κ1) is 42.0. The number of allylic oxidation sites excluding steroid dienone is 4. The van der Waals surface area contributed by atoms with Crippen LogP contribution in [-0.2, 0) is 24.1 Å². The van der Waals surface area contributed by atoms with Crippen molar-refractivity contribution in [2.24, 2.45) is 0 Å². The normalized spacial score (nSPS) is 12.4. The molecule has 2 N–H and O–H groups in total. The third kappa shape index (κ3) is 10.5. The zero-order valence-electron chi connectivity index (χ0n) is 27.8. The summed E-state index contributed by atoms with van der Waals surface area (Å²) < 4.78 is 64.4. The first-order valence-electron chi connectivity index (χ1n) is 15.6. The Kier molecular flexibility index (Phi) is 17.8. The molecule has 48 heavy (non-hydrogen) atoms.